The summed E-state index contributed by atoms with van der Waals surface area (Å²) >= 11 is 1.24. The maximum absolute atomic E-state index is 13.0. The Morgan fingerprint density at radius 2 is 1.83 bits per heavy atom. The first-order valence-corrected chi connectivity index (χ1v) is 11.6. The van der Waals surface area contributed by atoms with E-state index in [0.717, 1.165) is 0 Å². The number of ether oxygens (including phenoxy) is 3. The van der Waals surface area contributed by atoms with Gasteiger partial charge in [-0.15, -0.1) is 11.3 Å². The van der Waals surface area contributed by atoms with Crippen LogP contribution in [0.1, 0.15) is 83.7 Å². The normalized spacial score (nSPS) is 12.8. The maximum atomic E-state index is 13.0. The molecular weight excluding hydrogens is 491 g/mol. The van der Waals surface area contributed by atoms with Crippen molar-refractivity contribution in [3.05, 3.63) is 38.6 Å². The number of hydrogen-bond acceptors (Lipinski definition) is 9. The molecule has 0 fully saturated rings. The molecule has 0 aliphatic rings. The molecule has 9 nitrogen and oxygen atoms in total. The second-order valence-electron chi connectivity index (χ2n) is 8.39. The number of alkyl halides is 3. The van der Waals surface area contributed by atoms with Crippen molar-refractivity contribution in [2.75, 3.05) is 6.61 Å². The molecule has 2 rings (SSSR count). The van der Waals surface area contributed by atoms with Gasteiger partial charge in [-0.25, -0.2) is 19.4 Å². The minimum atomic E-state index is -5.30. The molecule has 1 atom stereocenters. The number of nitrogens with zero attached hydrogens (tertiary/aromatic N) is 1. The van der Waals surface area contributed by atoms with Crippen molar-refractivity contribution >= 4 is 29.2 Å². The van der Waals surface area contributed by atoms with E-state index in [1.807, 2.05) is 0 Å². The number of carbonyl (C=O) groups excluding carboxylic acids is 3. The highest BCUT2D eigenvalue weighted by atomic mass is 32.1. The summed E-state index contributed by atoms with van der Waals surface area (Å²) in [7, 11) is 0. The summed E-state index contributed by atoms with van der Waals surface area (Å²) in [6.45, 7) is 9.73. The van der Waals surface area contributed by atoms with Crippen LogP contribution >= 0.6 is 11.3 Å². The molecule has 13 heteroatoms. The monoisotopic (exact) mass is 519 g/mol. The maximum Gasteiger partial charge on any atom is 0.490 e. The first kappa shape index (κ1) is 28.3. The highest BCUT2D eigenvalue weighted by Gasteiger charge is 2.44. The molecule has 35 heavy (non-hydrogen) atoms. The van der Waals surface area contributed by atoms with Crippen LogP contribution in [0.15, 0.2) is 5.38 Å². The van der Waals surface area contributed by atoms with E-state index in [2.05, 4.69) is 15.3 Å². The molecule has 0 aliphatic carbocycles. The number of hydrogen-bond donors (Lipinski definition) is 2. The molecule has 0 radical (unpaired) electrons. The second kappa shape index (κ2) is 11.2. The molecule has 2 N–H and O–H groups in total. The van der Waals surface area contributed by atoms with E-state index in [0.29, 0.717) is 10.7 Å². The van der Waals surface area contributed by atoms with Gasteiger partial charge in [-0.05, 0) is 46.6 Å². The third-order valence-corrected chi connectivity index (χ3v) is 5.36. The highest BCUT2D eigenvalue weighted by Crippen LogP contribution is 2.30. The number of nitrogens with one attached hydrogen (secondary N) is 2. The zero-order valence-electron chi connectivity index (χ0n) is 20.2. The number of carbonyl (C=O) groups is 3. The van der Waals surface area contributed by atoms with Crippen molar-refractivity contribution in [1.29, 1.82) is 0 Å². The standard InChI is InChI=1S/C22H28F3N3O6S/c1-7-12-14(18(29)32-8-2)16(28-15(12)19(30)34-21(4,5)6)17(33-20(31)22(23,24)25)26-9-13-27-11(3)10-35-13/h10,17,26,28H,7-9H2,1-6H3. The molecule has 2 heterocycles. The fourth-order valence-corrected chi connectivity index (χ4v) is 3.81. The van der Waals surface area contributed by atoms with E-state index in [9.17, 15) is 27.6 Å². The molecular formula is C22H28F3N3O6S. The van der Waals surface area contributed by atoms with E-state index in [1.54, 1.807) is 46.9 Å². The van der Waals surface area contributed by atoms with Gasteiger partial charge in [-0.1, -0.05) is 6.92 Å². The van der Waals surface area contributed by atoms with Crippen LogP contribution in [0.2, 0.25) is 0 Å². The van der Waals surface area contributed by atoms with Crippen molar-refractivity contribution in [3.63, 3.8) is 0 Å². The Morgan fingerprint density at radius 1 is 1.17 bits per heavy atom. The molecule has 2 aromatic rings. The number of rotatable bonds is 9. The van der Waals surface area contributed by atoms with Gasteiger partial charge in [0.15, 0.2) is 6.23 Å². The Labute approximate surface area is 204 Å². The molecule has 194 valence electrons. The van der Waals surface area contributed by atoms with Gasteiger partial charge in [-0.3, -0.25) is 5.32 Å². The van der Waals surface area contributed by atoms with Crippen molar-refractivity contribution in [2.45, 2.75) is 72.5 Å². The van der Waals surface area contributed by atoms with Gasteiger partial charge in [-0.2, -0.15) is 13.2 Å². The molecule has 0 spiro atoms. The Morgan fingerprint density at radius 3 is 2.31 bits per heavy atom. The molecule has 0 aliphatic heterocycles. The van der Waals surface area contributed by atoms with Crippen molar-refractivity contribution < 1.29 is 41.8 Å². The van der Waals surface area contributed by atoms with Crippen LogP contribution in [0, 0.1) is 6.92 Å². The molecule has 0 amide bonds. The number of H-pyrrole nitrogens is 1. The van der Waals surface area contributed by atoms with Crippen molar-refractivity contribution in [1.82, 2.24) is 15.3 Å². The summed E-state index contributed by atoms with van der Waals surface area (Å²) < 4.78 is 54.3. The Balaban J connectivity index is 2.61. The van der Waals surface area contributed by atoms with Gasteiger partial charge >= 0.3 is 24.1 Å². The van der Waals surface area contributed by atoms with E-state index in [4.69, 9.17) is 14.2 Å². The topological polar surface area (TPSA) is 120 Å². The van der Waals surface area contributed by atoms with Crippen LogP contribution in [-0.4, -0.2) is 46.3 Å². The molecule has 0 saturated carbocycles. The molecule has 0 saturated heterocycles. The lowest BCUT2D eigenvalue weighted by Crippen LogP contribution is -2.34. The van der Waals surface area contributed by atoms with E-state index < -0.39 is 35.9 Å². The predicted octanol–water partition coefficient (Wildman–Crippen LogP) is 4.37. The molecule has 0 bridgehead atoms. The summed E-state index contributed by atoms with van der Waals surface area (Å²) in [6, 6.07) is 0. The molecule has 2 aromatic heterocycles. The summed E-state index contributed by atoms with van der Waals surface area (Å²) in [6.07, 6.45) is -6.95. The van der Waals surface area contributed by atoms with Crippen LogP contribution in [0.5, 0.6) is 0 Å². The van der Waals surface area contributed by atoms with Crippen molar-refractivity contribution in [3.8, 4) is 0 Å². The molecule has 1 unspecified atom stereocenters. The van der Waals surface area contributed by atoms with Crippen LogP contribution in [0.4, 0.5) is 13.2 Å². The van der Waals surface area contributed by atoms with Crippen LogP contribution in [-0.2, 0) is 32.0 Å². The Bertz CT molecular complexity index is 1070. The average Bonchev–Trinajstić information content (AvgIpc) is 3.32. The first-order valence-electron chi connectivity index (χ1n) is 10.7. The predicted molar refractivity (Wildman–Crippen MR) is 120 cm³/mol. The SMILES string of the molecule is CCOC(=O)c1c(C(NCc2nc(C)cs2)OC(=O)C(F)(F)F)[nH]c(C(=O)OC(C)(C)C)c1CC. The minimum Gasteiger partial charge on any atom is -0.462 e. The first-order chi connectivity index (χ1) is 16.2. The number of aromatic nitrogens is 2. The zero-order valence-corrected chi connectivity index (χ0v) is 21.0. The fourth-order valence-electron chi connectivity index (χ4n) is 3.09. The molecule has 0 aromatic carbocycles. The second-order valence-corrected chi connectivity index (χ2v) is 9.33. The van der Waals surface area contributed by atoms with Gasteiger partial charge in [0.05, 0.1) is 24.4 Å². The zero-order chi connectivity index (χ0) is 26.6. The highest BCUT2D eigenvalue weighted by molar-refractivity contribution is 7.09. The average molecular weight is 520 g/mol. The van der Waals surface area contributed by atoms with Crippen LogP contribution < -0.4 is 5.32 Å². The number of thiazole rings is 1. The smallest absolute Gasteiger partial charge is 0.462 e. The van der Waals surface area contributed by atoms with E-state index >= 15 is 0 Å². The Hall–Kier alpha value is -2.93. The lowest BCUT2D eigenvalue weighted by molar-refractivity contribution is -0.207. The number of aromatic amines is 1. The lowest BCUT2D eigenvalue weighted by atomic mass is 10.0. The van der Waals surface area contributed by atoms with E-state index in [1.165, 1.54) is 11.3 Å². The fraction of sp³-hybridized carbons (Fsp3) is 0.545. The Kier molecular flexibility index (Phi) is 9.06. The third-order valence-electron chi connectivity index (χ3n) is 4.39. The minimum absolute atomic E-state index is 0.0345. The summed E-state index contributed by atoms with van der Waals surface area (Å²) in [5, 5.41) is 4.91. The van der Waals surface area contributed by atoms with Gasteiger partial charge in [0.1, 0.15) is 16.3 Å². The van der Waals surface area contributed by atoms with Gasteiger partial charge < -0.3 is 19.2 Å². The lowest BCUT2D eigenvalue weighted by Gasteiger charge is -2.20. The summed E-state index contributed by atoms with van der Waals surface area (Å²) in [4.78, 5) is 44.3. The van der Waals surface area contributed by atoms with Crippen LogP contribution in [0.3, 0.4) is 0 Å². The number of aryl methyl sites for hydroxylation is 1. The third kappa shape index (κ3) is 7.52. The summed E-state index contributed by atoms with van der Waals surface area (Å²) in [5.74, 6) is -4.21. The number of esters is 3. The van der Waals surface area contributed by atoms with Gasteiger partial charge in [0.2, 0.25) is 0 Å². The van der Waals surface area contributed by atoms with Gasteiger partial charge in [0, 0.05) is 11.1 Å². The number of halogens is 3. The quantitative estimate of drug-likeness (QED) is 0.285. The van der Waals surface area contributed by atoms with Crippen LogP contribution in [0.25, 0.3) is 0 Å². The van der Waals surface area contributed by atoms with Crippen molar-refractivity contribution in [2.24, 2.45) is 0 Å². The summed E-state index contributed by atoms with van der Waals surface area (Å²) in [5.41, 5.74) is -0.665. The largest absolute Gasteiger partial charge is 0.490 e. The van der Waals surface area contributed by atoms with E-state index in [-0.39, 0.29) is 42.1 Å². The van der Waals surface area contributed by atoms with Gasteiger partial charge in [0.25, 0.3) is 0 Å².